The van der Waals surface area contributed by atoms with Gasteiger partial charge in [0.15, 0.2) is 0 Å². The SMILES string of the molecule is CCN(C(=O)n1nnc2cc(C)cc(C)c21)c1ccccc1. The summed E-state index contributed by atoms with van der Waals surface area (Å²) in [7, 11) is 0. The van der Waals surface area contributed by atoms with Gasteiger partial charge >= 0.3 is 6.03 Å². The molecule has 0 aliphatic heterocycles. The highest BCUT2D eigenvalue weighted by Crippen LogP contribution is 2.21. The van der Waals surface area contributed by atoms with Crippen LogP contribution in [0.5, 0.6) is 0 Å². The van der Waals surface area contributed by atoms with Crippen LogP contribution in [0.15, 0.2) is 42.5 Å². The van der Waals surface area contributed by atoms with Crippen molar-refractivity contribution >= 4 is 22.8 Å². The molecule has 0 saturated carbocycles. The zero-order valence-corrected chi connectivity index (χ0v) is 12.9. The maximum absolute atomic E-state index is 12.9. The fraction of sp³-hybridized carbons (Fsp3) is 0.235. The molecular formula is C17H18N4O. The van der Waals surface area contributed by atoms with Gasteiger partial charge in [0.2, 0.25) is 0 Å². The van der Waals surface area contributed by atoms with E-state index < -0.39 is 0 Å². The lowest BCUT2D eigenvalue weighted by Crippen LogP contribution is -2.35. The summed E-state index contributed by atoms with van der Waals surface area (Å²) in [4.78, 5) is 14.6. The zero-order chi connectivity index (χ0) is 15.7. The van der Waals surface area contributed by atoms with E-state index in [2.05, 4.69) is 10.3 Å². The van der Waals surface area contributed by atoms with Crippen LogP contribution in [0.2, 0.25) is 0 Å². The molecule has 0 saturated heterocycles. The van der Waals surface area contributed by atoms with Crippen LogP contribution in [-0.4, -0.2) is 27.6 Å². The number of rotatable bonds is 2. The lowest BCUT2D eigenvalue weighted by molar-refractivity contribution is 0.245. The molecule has 1 amide bonds. The van der Waals surface area contributed by atoms with Crippen LogP contribution in [-0.2, 0) is 0 Å². The average molecular weight is 294 g/mol. The number of amides is 1. The smallest absolute Gasteiger partial charge is 0.293 e. The monoisotopic (exact) mass is 294 g/mol. The molecule has 5 heteroatoms. The van der Waals surface area contributed by atoms with Crippen LogP contribution in [0.1, 0.15) is 18.1 Å². The van der Waals surface area contributed by atoms with Crippen LogP contribution in [0.4, 0.5) is 10.5 Å². The molecule has 1 heterocycles. The largest absolute Gasteiger partial charge is 0.351 e. The van der Waals surface area contributed by atoms with Gasteiger partial charge in [0.1, 0.15) is 11.0 Å². The van der Waals surface area contributed by atoms with Gasteiger partial charge in [-0.3, -0.25) is 4.90 Å². The Kier molecular flexibility index (Phi) is 3.63. The Morgan fingerprint density at radius 2 is 1.91 bits per heavy atom. The number of nitrogens with zero attached hydrogens (tertiary/aromatic N) is 4. The molecule has 0 fully saturated rings. The van der Waals surface area contributed by atoms with Crippen molar-refractivity contribution in [3.05, 3.63) is 53.6 Å². The Bertz CT molecular complexity index is 823. The summed E-state index contributed by atoms with van der Waals surface area (Å²) in [5, 5.41) is 8.20. The second-order valence-electron chi connectivity index (χ2n) is 5.31. The van der Waals surface area contributed by atoms with Crippen LogP contribution in [0.25, 0.3) is 11.0 Å². The fourth-order valence-corrected chi connectivity index (χ4v) is 2.71. The van der Waals surface area contributed by atoms with Gasteiger partial charge in [0, 0.05) is 12.2 Å². The van der Waals surface area contributed by atoms with Crippen molar-refractivity contribution in [1.82, 2.24) is 15.0 Å². The minimum Gasteiger partial charge on any atom is -0.293 e. The first-order chi connectivity index (χ1) is 10.6. The van der Waals surface area contributed by atoms with Gasteiger partial charge in [0.05, 0.1) is 0 Å². The second-order valence-corrected chi connectivity index (χ2v) is 5.31. The number of fused-ring (bicyclic) bond motifs is 1. The molecule has 0 N–H and O–H groups in total. The van der Waals surface area contributed by atoms with Crippen molar-refractivity contribution in [1.29, 1.82) is 0 Å². The molecule has 0 aliphatic carbocycles. The third-order valence-corrected chi connectivity index (χ3v) is 3.67. The Morgan fingerprint density at radius 3 is 2.59 bits per heavy atom. The van der Waals surface area contributed by atoms with Crippen molar-refractivity contribution in [2.45, 2.75) is 20.8 Å². The van der Waals surface area contributed by atoms with Gasteiger partial charge in [-0.1, -0.05) is 29.5 Å². The number of hydrogen-bond acceptors (Lipinski definition) is 3. The van der Waals surface area contributed by atoms with Crippen molar-refractivity contribution in [2.24, 2.45) is 0 Å². The van der Waals surface area contributed by atoms with Crippen LogP contribution >= 0.6 is 0 Å². The first-order valence-electron chi connectivity index (χ1n) is 7.31. The van der Waals surface area contributed by atoms with E-state index in [-0.39, 0.29) is 6.03 Å². The van der Waals surface area contributed by atoms with Gasteiger partial charge in [-0.2, -0.15) is 4.68 Å². The van der Waals surface area contributed by atoms with E-state index in [0.717, 1.165) is 27.8 Å². The van der Waals surface area contributed by atoms with Gasteiger partial charge in [-0.15, -0.1) is 5.10 Å². The molecular weight excluding hydrogens is 276 g/mol. The Balaban J connectivity index is 2.09. The Morgan fingerprint density at radius 1 is 1.18 bits per heavy atom. The molecule has 2 aromatic carbocycles. The summed E-state index contributed by atoms with van der Waals surface area (Å²) < 4.78 is 1.39. The van der Waals surface area contributed by atoms with E-state index in [0.29, 0.717) is 6.54 Å². The highest BCUT2D eigenvalue weighted by atomic mass is 16.2. The van der Waals surface area contributed by atoms with Crippen molar-refractivity contribution in [3.8, 4) is 0 Å². The minimum absolute atomic E-state index is 0.192. The van der Waals surface area contributed by atoms with Crippen molar-refractivity contribution < 1.29 is 4.79 Å². The maximum atomic E-state index is 12.9. The first-order valence-corrected chi connectivity index (χ1v) is 7.31. The van der Waals surface area contributed by atoms with E-state index >= 15 is 0 Å². The molecule has 0 aliphatic rings. The molecule has 3 aromatic rings. The number of anilines is 1. The highest BCUT2D eigenvalue weighted by Gasteiger charge is 2.20. The molecule has 5 nitrogen and oxygen atoms in total. The maximum Gasteiger partial charge on any atom is 0.351 e. The Labute approximate surface area is 129 Å². The van der Waals surface area contributed by atoms with Crippen molar-refractivity contribution in [3.63, 3.8) is 0 Å². The molecule has 112 valence electrons. The van der Waals surface area contributed by atoms with Gasteiger partial charge in [0.25, 0.3) is 0 Å². The summed E-state index contributed by atoms with van der Waals surface area (Å²) in [6, 6.07) is 13.4. The predicted molar refractivity (Wildman–Crippen MR) is 87.3 cm³/mol. The quantitative estimate of drug-likeness (QED) is 0.726. The number of para-hydroxylation sites is 1. The zero-order valence-electron chi connectivity index (χ0n) is 12.9. The van der Waals surface area contributed by atoms with Crippen LogP contribution < -0.4 is 4.90 Å². The molecule has 0 unspecified atom stereocenters. The molecule has 1 aromatic heterocycles. The third-order valence-electron chi connectivity index (χ3n) is 3.67. The number of carbonyl (C=O) groups is 1. The van der Waals surface area contributed by atoms with Crippen molar-refractivity contribution in [2.75, 3.05) is 11.4 Å². The average Bonchev–Trinajstić information content (AvgIpc) is 2.93. The Hall–Kier alpha value is -2.69. The third kappa shape index (κ3) is 2.35. The highest BCUT2D eigenvalue weighted by molar-refractivity contribution is 5.98. The normalized spacial score (nSPS) is 10.9. The summed E-state index contributed by atoms with van der Waals surface area (Å²) in [5.74, 6) is 0. The van der Waals surface area contributed by atoms with Gasteiger partial charge in [-0.05, 0) is 50.1 Å². The molecule has 0 radical (unpaired) electrons. The van der Waals surface area contributed by atoms with Gasteiger partial charge in [-0.25, -0.2) is 4.79 Å². The molecule has 0 atom stereocenters. The number of hydrogen-bond donors (Lipinski definition) is 0. The lowest BCUT2D eigenvalue weighted by Gasteiger charge is -2.20. The molecule has 0 spiro atoms. The first kappa shape index (κ1) is 14.3. The summed E-state index contributed by atoms with van der Waals surface area (Å²) >= 11 is 0. The number of benzene rings is 2. The van der Waals surface area contributed by atoms with E-state index in [1.165, 1.54) is 4.68 Å². The predicted octanol–water partition coefficient (Wildman–Crippen LogP) is 3.54. The minimum atomic E-state index is -0.192. The van der Waals surface area contributed by atoms with Crippen LogP contribution in [0, 0.1) is 13.8 Å². The standard InChI is InChI=1S/C17H18N4O/c1-4-20(14-8-6-5-7-9-14)17(22)21-16-13(3)10-12(2)11-15(16)18-19-21/h5-11H,4H2,1-3H3. The molecule has 3 rings (SSSR count). The molecule has 0 bridgehead atoms. The lowest BCUT2D eigenvalue weighted by atomic mass is 10.1. The topological polar surface area (TPSA) is 51.0 Å². The van der Waals surface area contributed by atoms with E-state index in [1.807, 2.05) is 63.2 Å². The van der Waals surface area contributed by atoms with Crippen LogP contribution in [0.3, 0.4) is 0 Å². The fourth-order valence-electron chi connectivity index (χ4n) is 2.71. The van der Waals surface area contributed by atoms with Gasteiger partial charge < -0.3 is 0 Å². The summed E-state index contributed by atoms with van der Waals surface area (Å²) in [5.41, 5.74) is 4.47. The number of carbonyl (C=O) groups excluding carboxylic acids is 1. The van der Waals surface area contributed by atoms with E-state index in [1.54, 1.807) is 4.90 Å². The summed E-state index contributed by atoms with van der Waals surface area (Å²) in [6.07, 6.45) is 0. The van der Waals surface area contributed by atoms with E-state index in [4.69, 9.17) is 0 Å². The summed E-state index contributed by atoms with van der Waals surface area (Å²) in [6.45, 7) is 6.49. The van der Waals surface area contributed by atoms with E-state index in [9.17, 15) is 4.79 Å². The molecule has 22 heavy (non-hydrogen) atoms. The number of aryl methyl sites for hydroxylation is 2. The second kappa shape index (κ2) is 5.60. The number of aromatic nitrogens is 3.